The molecule has 0 N–H and O–H groups in total. The first-order valence-corrected chi connectivity index (χ1v) is 10.9. The van der Waals surface area contributed by atoms with E-state index >= 15 is 0 Å². The summed E-state index contributed by atoms with van der Waals surface area (Å²) >= 11 is 1.56. The lowest BCUT2D eigenvalue weighted by Gasteiger charge is -2.29. The molecule has 26 heavy (non-hydrogen) atoms. The van der Waals surface area contributed by atoms with E-state index < -0.39 is 10.0 Å². The number of aromatic nitrogens is 2. The van der Waals surface area contributed by atoms with Gasteiger partial charge in [-0.05, 0) is 54.5 Å². The second-order valence-electron chi connectivity index (χ2n) is 6.55. The van der Waals surface area contributed by atoms with Gasteiger partial charge in [0.25, 0.3) is 5.89 Å². The van der Waals surface area contributed by atoms with Crippen molar-refractivity contribution in [3.63, 3.8) is 0 Å². The maximum absolute atomic E-state index is 12.8. The van der Waals surface area contributed by atoms with Gasteiger partial charge in [0.2, 0.25) is 15.8 Å². The summed E-state index contributed by atoms with van der Waals surface area (Å²) in [6.45, 7) is 3.33. The summed E-state index contributed by atoms with van der Waals surface area (Å²) in [5, 5.41) is 7.87. The summed E-state index contributed by atoms with van der Waals surface area (Å²) in [4.78, 5) is 4.69. The fraction of sp³-hybridized carbons (Fsp3) is 0.333. The Labute approximate surface area is 156 Å². The topological polar surface area (TPSA) is 76.3 Å². The second kappa shape index (κ2) is 6.94. The lowest BCUT2D eigenvalue weighted by Crippen LogP contribution is -2.37. The van der Waals surface area contributed by atoms with Gasteiger partial charge in [0.15, 0.2) is 0 Å². The molecule has 1 aliphatic heterocycles. The first-order valence-electron chi connectivity index (χ1n) is 8.51. The molecule has 4 rings (SSSR count). The molecule has 3 heterocycles. The average Bonchev–Trinajstić information content (AvgIpc) is 3.34. The van der Waals surface area contributed by atoms with Gasteiger partial charge in [0.05, 0.1) is 10.5 Å². The molecule has 0 bridgehead atoms. The van der Waals surface area contributed by atoms with Crippen LogP contribution in [0.4, 0.5) is 0 Å². The molecule has 1 aromatic carbocycles. The predicted octanol–water partition coefficient (Wildman–Crippen LogP) is 3.89. The third-order valence-corrected chi connectivity index (χ3v) is 7.28. The van der Waals surface area contributed by atoms with Crippen LogP contribution < -0.4 is 0 Å². The second-order valence-corrected chi connectivity index (χ2v) is 9.26. The highest BCUT2D eigenvalue weighted by Gasteiger charge is 2.28. The Morgan fingerprint density at radius 1 is 1.12 bits per heavy atom. The number of thiophene rings is 1. The largest absolute Gasteiger partial charge is 0.334 e. The van der Waals surface area contributed by atoms with Gasteiger partial charge in [-0.25, -0.2) is 8.42 Å². The lowest BCUT2D eigenvalue weighted by atomic mass is 10.0. The zero-order chi connectivity index (χ0) is 18.1. The average molecular weight is 390 g/mol. The van der Waals surface area contributed by atoms with Crippen LogP contribution >= 0.6 is 11.3 Å². The van der Waals surface area contributed by atoms with Crippen molar-refractivity contribution in [2.45, 2.75) is 24.7 Å². The van der Waals surface area contributed by atoms with Gasteiger partial charge in [-0.2, -0.15) is 20.6 Å². The fourth-order valence-electron chi connectivity index (χ4n) is 2.99. The smallest absolute Gasteiger partial charge is 0.259 e. The predicted molar refractivity (Wildman–Crippen MR) is 100 cm³/mol. The summed E-state index contributed by atoms with van der Waals surface area (Å²) in [6.07, 6.45) is 1.82. The number of rotatable bonds is 4. The van der Waals surface area contributed by atoms with E-state index in [9.17, 15) is 8.42 Å². The van der Waals surface area contributed by atoms with Crippen molar-refractivity contribution in [2.24, 2.45) is 5.92 Å². The highest BCUT2D eigenvalue weighted by atomic mass is 32.2. The third kappa shape index (κ3) is 3.32. The van der Waals surface area contributed by atoms with E-state index in [1.807, 2.05) is 16.8 Å². The molecule has 0 saturated carbocycles. The number of hydrogen-bond donors (Lipinski definition) is 0. The molecule has 0 unspecified atom stereocenters. The zero-order valence-corrected chi connectivity index (χ0v) is 16.0. The monoisotopic (exact) mass is 389 g/mol. The Bertz CT molecular complexity index is 971. The molecule has 2 aromatic heterocycles. The molecule has 0 aliphatic carbocycles. The molecule has 1 saturated heterocycles. The van der Waals surface area contributed by atoms with Gasteiger partial charge < -0.3 is 4.52 Å². The number of sulfonamides is 1. The SMILES string of the molecule is CC1CCN(S(=O)(=O)c2ccc(-c3noc(-c4ccsc4)n3)cc2)CC1. The third-order valence-electron chi connectivity index (χ3n) is 4.69. The Balaban J connectivity index is 1.55. The van der Waals surface area contributed by atoms with E-state index in [-0.39, 0.29) is 0 Å². The number of hydrogen-bond acceptors (Lipinski definition) is 6. The number of nitrogens with zero attached hydrogens (tertiary/aromatic N) is 3. The number of benzene rings is 1. The Morgan fingerprint density at radius 3 is 2.50 bits per heavy atom. The number of piperidine rings is 1. The van der Waals surface area contributed by atoms with Gasteiger partial charge >= 0.3 is 0 Å². The van der Waals surface area contributed by atoms with Gasteiger partial charge in [-0.15, -0.1) is 0 Å². The molecular weight excluding hydrogens is 370 g/mol. The van der Waals surface area contributed by atoms with Crippen LogP contribution in [0.2, 0.25) is 0 Å². The van der Waals surface area contributed by atoms with Crippen LogP contribution in [-0.2, 0) is 10.0 Å². The minimum absolute atomic E-state index is 0.303. The quantitative estimate of drug-likeness (QED) is 0.677. The van der Waals surface area contributed by atoms with Crippen LogP contribution in [-0.4, -0.2) is 36.0 Å². The van der Waals surface area contributed by atoms with Crippen LogP contribution in [0.25, 0.3) is 22.8 Å². The van der Waals surface area contributed by atoms with E-state index in [1.165, 1.54) is 0 Å². The van der Waals surface area contributed by atoms with E-state index in [0.717, 1.165) is 24.0 Å². The Morgan fingerprint density at radius 2 is 1.85 bits per heavy atom. The minimum atomic E-state index is -3.44. The van der Waals surface area contributed by atoms with Crippen molar-refractivity contribution < 1.29 is 12.9 Å². The highest BCUT2D eigenvalue weighted by molar-refractivity contribution is 7.89. The fourth-order valence-corrected chi connectivity index (χ4v) is 5.09. The molecule has 136 valence electrons. The lowest BCUT2D eigenvalue weighted by molar-refractivity contribution is 0.288. The molecule has 6 nitrogen and oxygen atoms in total. The van der Waals surface area contributed by atoms with Gasteiger partial charge in [-0.1, -0.05) is 12.1 Å². The van der Waals surface area contributed by atoms with Crippen molar-refractivity contribution in [3.05, 3.63) is 41.1 Å². The van der Waals surface area contributed by atoms with Gasteiger partial charge in [0.1, 0.15) is 0 Å². The van der Waals surface area contributed by atoms with Crippen molar-refractivity contribution in [3.8, 4) is 22.8 Å². The van der Waals surface area contributed by atoms with Crippen LogP contribution in [0.5, 0.6) is 0 Å². The molecule has 3 aromatic rings. The van der Waals surface area contributed by atoms with Crippen molar-refractivity contribution >= 4 is 21.4 Å². The molecule has 0 atom stereocenters. The zero-order valence-electron chi connectivity index (χ0n) is 14.3. The summed E-state index contributed by atoms with van der Waals surface area (Å²) < 4.78 is 32.4. The van der Waals surface area contributed by atoms with Crippen LogP contribution in [0.1, 0.15) is 19.8 Å². The molecule has 1 fully saturated rings. The first kappa shape index (κ1) is 17.4. The summed E-state index contributed by atoms with van der Waals surface area (Å²) in [5.74, 6) is 1.49. The molecule has 0 spiro atoms. The maximum Gasteiger partial charge on any atom is 0.259 e. The first-order chi connectivity index (χ1) is 12.5. The molecule has 1 aliphatic rings. The normalized spacial score (nSPS) is 16.8. The molecule has 0 amide bonds. The Hall–Kier alpha value is -2.03. The van der Waals surface area contributed by atoms with Crippen LogP contribution in [0, 0.1) is 5.92 Å². The molecule has 8 heteroatoms. The highest BCUT2D eigenvalue weighted by Crippen LogP contribution is 2.27. The molecule has 0 radical (unpaired) electrons. The Kier molecular flexibility index (Phi) is 4.64. The van der Waals surface area contributed by atoms with Crippen molar-refractivity contribution in [2.75, 3.05) is 13.1 Å². The minimum Gasteiger partial charge on any atom is -0.334 e. The van der Waals surface area contributed by atoms with Crippen LogP contribution in [0.3, 0.4) is 0 Å². The van der Waals surface area contributed by atoms with Crippen molar-refractivity contribution in [1.82, 2.24) is 14.4 Å². The summed E-state index contributed by atoms with van der Waals surface area (Å²) in [7, 11) is -3.44. The maximum atomic E-state index is 12.8. The van der Waals surface area contributed by atoms with Crippen LogP contribution in [0.15, 0.2) is 50.5 Å². The van der Waals surface area contributed by atoms with Crippen molar-refractivity contribution in [1.29, 1.82) is 0 Å². The van der Waals surface area contributed by atoms with Gasteiger partial charge in [0, 0.05) is 24.0 Å². The molecular formula is C18H19N3O3S2. The standard InChI is InChI=1S/C18H19N3O3S2/c1-13-6-9-21(10-7-13)26(22,23)16-4-2-14(3-5-16)17-19-18(24-20-17)15-8-11-25-12-15/h2-5,8,11-13H,6-7,9-10H2,1H3. The van der Waals surface area contributed by atoms with E-state index in [4.69, 9.17) is 4.52 Å². The summed E-state index contributed by atoms with van der Waals surface area (Å²) in [5.41, 5.74) is 1.61. The van der Waals surface area contributed by atoms with E-state index in [1.54, 1.807) is 39.9 Å². The van der Waals surface area contributed by atoms with E-state index in [0.29, 0.717) is 35.6 Å². The summed E-state index contributed by atoms with van der Waals surface area (Å²) in [6, 6.07) is 8.59. The van der Waals surface area contributed by atoms with Gasteiger partial charge in [-0.3, -0.25) is 0 Å². The van der Waals surface area contributed by atoms with E-state index in [2.05, 4.69) is 17.1 Å².